The quantitative estimate of drug-likeness (QED) is 0.379. The third-order valence-electron chi connectivity index (χ3n) is 2.28. The summed E-state index contributed by atoms with van der Waals surface area (Å²) in [6, 6.07) is -2.44. The number of carboxylic acid groups (broad SMARTS) is 2. The second kappa shape index (κ2) is 6.41. The number of hydrogen-bond acceptors (Lipinski definition) is 6. The summed E-state index contributed by atoms with van der Waals surface area (Å²) >= 11 is 0. The van der Waals surface area contributed by atoms with Crippen LogP contribution in [0, 0.1) is 0 Å². The molecule has 0 spiro atoms. The van der Waals surface area contributed by atoms with E-state index in [1.54, 1.807) is 0 Å². The molecule has 1 rings (SSSR count). The van der Waals surface area contributed by atoms with E-state index in [9.17, 15) is 13.8 Å². The molecule has 19 heavy (non-hydrogen) atoms. The predicted molar refractivity (Wildman–Crippen MR) is 64.8 cm³/mol. The second-order valence-electron chi connectivity index (χ2n) is 3.79. The van der Waals surface area contributed by atoms with Gasteiger partial charge in [0.25, 0.3) is 0 Å². The Morgan fingerprint density at radius 2 is 1.89 bits per heavy atom. The molecule has 9 nitrogen and oxygen atoms in total. The minimum absolute atomic E-state index is 0.0772. The number of aromatic amines is 1. The number of carboxylic acids is 2. The molecule has 0 saturated carbocycles. The Labute approximate surface area is 110 Å². The van der Waals surface area contributed by atoms with E-state index in [4.69, 9.17) is 21.7 Å². The van der Waals surface area contributed by atoms with Gasteiger partial charge in [0.05, 0.1) is 28.6 Å². The van der Waals surface area contributed by atoms with Gasteiger partial charge in [0.15, 0.2) is 0 Å². The highest BCUT2D eigenvalue weighted by Crippen LogP contribution is 2.11. The second-order valence-corrected chi connectivity index (χ2v) is 5.20. The minimum atomic E-state index is -1.74. The van der Waals surface area contributed by atoms with Gasteiger partial charge in [0, 0.05) is 6.42 Å². The fourth-order valence-electron chi connectivity index (χ4n) is 1.27. The molecule has 10 heteroatoms. The van der Waals surface area contributed by atoms with Crippen LogP contribution in [0.2, 0.25) is 0 Å². The van der Waals surface area contributed by atoms with E-state index in [1.807, 2.05) is 0 Å². The fraction of sp³-hybridized carbons (Fsp3) is 0.444. The van der Waals surface area contributed by atoms with Crippen molar-refractivity contribution in [3.05, 3.63) is 12.0 Å². The van der Waals surface area contributed by atoms with Crippen molar-refractivity contribution < 1.29 is 24.0 Å². The van der Waals surface area contributed by atoms with E-state index in [-0.39, 0.29) is 17.2 Å². The van der Waals surface area contributed by atoms with E-state index in [0.717, 1.165) is 0 Å². The molecule has 106 valence electrons. The van der Waals surface area contributed by atoms with Crippen molar-refractivity contribution in [2.24, 2.45) is 11.5 Å². The summed E-state index contributed by atoms with van der Waals surface area (Å²) in [7, 11) is -1.74. The first kappa shape index (κ1) is 15.3. The van der Waals surface area contributed by atoms with Gasteiger partial charge in [-0.15, -0.1) is 0 Å². The molecule has 0 bridgehead atoms. The molecule has 0 aliphatic carbocycles. The first-order valence-electron chi connectivity index (χ1n) is 5.20. The lowest BCUT2D eigenvalue weighted by atomic mass is 10.2. The molecule has 0 amide bonds. The van der Waals surface area contributed by atoms with Crippen molar-refractivity contribution in [1.29, 1.82) is 0 Å². The maximum atomic E-state index is 11.9. The van der Waals surface area contributed by atoms with Gasteiger partial charge in [-0.1, -0.05) is 0 Å². The number of rotatable bonds is 7. The Kier molecular flexibility index (Phi) is 5.15. The molecule has 1 aromatic heterocycles. The number of imidazole rings is 1. The van der Waals surface area contributed by atoms with Crippen molar-refractivity contribution in [3.63, 3.8) is 0 Å². The van der Waals surface area contributed by atoms with Crippen LogP contribution < -0.4 is 11.5 Å². The van der Waals surface area contributed by atoms with Crippen LogP contribution in [-0.2, 0) is 26.8 Å². The van der Waals surface area contributed by atoms with Crippen LogP contribution in [0.1, 0.15) is 5.69 Å². The Morgan fingerprint density at radius 3 is 2.42 bits per heavy atom. The molecule has 1 heterocycles. The summed E-state index contributed by atoms with van der Waals surface area (Å²) in [5.74, 6) is -2.78. The summed E-state index contributed by atoms with van der Waals surface area (Å²) in [6.07, 6.45) is 1.15. The maximum Gasteiger partial charge on any atom is 0.321 e. The van der Waals surface area contributed by atoms with Crippen LogP contribution in [0.25, 0.3) is 0 Å². The van der Waals surface area contributed by atoms with Crippen LogP contribution in [0.3, 0.4) is 0 Å². The number of aliphatic carboxylic acids is 2. The summed E-state index contributed by atoms with van der Waals surface area (Å²) in [4.78, 5) is 27.6. The molecule has 7 N–H and O–H groups in total. The zero-order valence-corrected chi connectivity index (χ0v) is 10.6. The Morgan fingerprint density at radius 1 is 1.32 bits per heavy atom. The number of H-pyrrole nitrogens is 1. The van der Waals surface area contributed by atoms with Gasteiger partial charge in [-0.2, -0.15) is 0 Å². The Balaban J connectivity index is 2.79. The lowest BCUT2D eigenvalue weighted by Crippen LogP contribution is -2.36. The zero-order chi connectivity index (χ0) is 14.6. The van der Waals surface area contributed by atoms with Gasteiger partial charge in [0.1, 0.15) is 17.1 Å². The third-order valence-corrected chi connectivity index (χ3v) is 3.73. The third kappa shape index (κ3) is 4.12. The van der Waals surface area contributed by atoms with Crippen LogP contribution in [0.15, 0.2) is 11.4 Å². The van der Waals surface area contributed by atoms with Gasteiger partial charge in [-0.25, -0.2) is 4.98 Å². The summed E-state index contributed by atoms with van der Waals surface area (Å²) in [5, 5.41) is 17.4. The number of nitrogens with zero attached hydrogens (tertiary/aromatic N) is 1. The number of carbonyl (C=O) groups is 2. The van der Waals surface area contributed by atoms with Crippen LogP contribution in [-0.4, -0.2) is 54.2 Å². The fourth-order valence-corrected chi connectivity index (χ4v) is 2.49. The average molecular weight is 290 g/mol. The van der Waals surface area contributed by atoms with Gasteiger partial charge >= 0.3 is 11.9 Å². The number of aromatic nitrogens is 2. The summed E-state index contributed by atoms with van der Waals surface area (Å²) in [5.41, 5.74) is 10.9. The molecule has 1 aromatic rings. The highest BCUT2D eigenvalue weighted by Gasteiger charge is 2.22. The standard InChI is InChI=1S/C9H14N4O5S/c10-4(8(14)15)1-6-7(13-3-12-6)19(18)2-5(11)9(16)17/h3-5H,1-2,10-11H2,(H,12,13)(H,14,15)(H,16,17)/t4-,5+,19?/m0/s1. The summed E-state index contributed by atoms with van der Waals surface area (Å²) < 4.78 is 11.9. The molecular formula is C9H14N4O5S. The van der Waals surface area contributed by atoms with Gasteiger partial charge in [0.2, 0.25) is 0 Å². The van der Waals surface area contributed by atoms with E-state index in [0.29, 0.717) is 5.69 Å². The van der Waals surface area contributed by atoms with Crippen molar-refractivity contribution in [3.8, 4) is 0 Å². The van der Waals surface area contributed by atoms with E-state index >= 15 is 0 Å². The first-order valence-corrected chi connectivity index (χ1v) is 6.52. The molecule has 3 atom stereocenters. The van der Waals surface area contributed by atoms with E-state index < -0.39 is 34.8 Å². The zero-order valence-electron chi connectivity index (χ0n) is 9.78. The summed E-state index contributed by atoms with van der Waals surface area (Å²) in [6.45, 7) is 0. The van der Waals surface area contributed by atoms with Crippen molar-refractivity contribution in [2.45, 2.75) is 23.5 Å². The molecule has 0 aromatic carbocycles. The number of nitrogens with one attached hydrogen (secondary N) is 1. The van der Waals surface area contributed by atoms with Crippen LogP contribution in [0.4, 0.5) is 0 Å². The normalized spacial score (nSPS) is 15.7. The molecule has 1 unspecified atom stereocenters. The van der Waals surface area contributed by atoms with Crippen LogP contribution >= 0.6 is 0 Å². The van der Waals surface area contributed by atoms with Gasteiger partial charge in [-0.05, 0) is 0 Å². The van der Waals surface area contributed by atoms with E-state index in [1.165, 1.54) is 6.33 Å². The molecule has 0 saturated heterocycles. The maximum absolute atomic E-state index is 11.9. The Bertz CT molecular complexity index is 503. The van der Waals surface area contributed by atoms with Crippen LogP contribution in [0.5, 0.6) is 0 Å². The van der Waals surface area contributed by atoms with Gasteiger partial charge < -0.3 is 26.7 Å². The topological polar surface area (TPSA) is 172 Å². The lowest BCUT2D eigenvalue weighted by molar-refractivity contribution is -0.139. The SMILES string of the molecule is N[C@H](CS(=O)c1nc[nH]c1C[C@H](N)C(=O)O)C(=O)O. The van der Waals surface area contributed by atoms with E-state index in [2.05, 4.69) is 9.97 Å². The highest BCUT2D eigenvalue weighted by atomic mass is 32.2. The largest absolute Gasteiger partial charge is 0.480 e. The molecule has 0 radical (unpaired) electrons. The number of hydrogen-bond donors (Lipinski definition) is 5. The van der Waals surface area contributed by atoms with Crippen molar-refractivity contribution >= 4 is 22.7 Å². The average Bonchev–Trinajstić information content (AvgIpc) is 2.76. The highest BCUT2D eigenvalue weighted by molar-refractivity contribution is 7.85. The molecule has 0 fully saturated rings. The lowest BCUT2D eigenvalue weighted by Gasteiger charge is -2.08. The molecule has 0 aliphatic heterocycles. The van der Waals surface area contributed by atoms with Gasteiger partial charge in [-0.3, -0.25) is 13.8 Å². The predicted octanol–water partition coefficient (Wildman–Crippen LogP) is -2.12. The smallest absolute Gasteiger partial charge is 0.321 e. The molecular weight excluding hydrogens is 276 g/mol. The minimum Gasteiger partial charge on any atom is -0.480 e. The molecule has 0 aliphatic rings. The van der Waals surface area contributed by atoms with Crippen molar-refractivity contribution in [2.75, 3.05) is 5.75 Å². The van der Waals surface area contributed by atoms with Crippen molar-refractivity contribution in [1.82, 2.24) is 9.97 Å². The first-order chi connectivity index (χ1) is 8.82. The number of nitrogens with two attached hydrogens (primary N) is 2. The Hall–Kier alpha value is -1.78. The monoisotopic (exact) mass is 290 g/mol.